The maximum Gasteiger partial charge on any atom is 0.171 e. The second-order valence-electron chi connectivity index (χ2n) is 4.28. The van der Waals surface area contributed by atoms with Crippen molar-refractivity contribution in [1.82, 2.24) is 5.32 Å². The molecule has 17 heavy (non-hydrogen) atoms. The van der Waals surface area contributed by atoms with Crippen LogP contribution in [0.1, 0.15) is 19.4 Å². The van der Waals surface area contributed by atoms with Gasteiger partial charge in [0.15, 0.2) is 5.11 Å². The molecule has 0 radical (unpaired) electrons. The lowest BCUT2D eigenvalue weighted by atomic mass is 10.1. The van der Waals surface area contributed by atoms with E-state index in [2.05, 4.69) is 16.6 Å². The number of hydrogen-bond acceptors (Lipinski definition) is 1. The van der Waals surface area contributed by atoms with Gasteiger partial charge in [-0.05, 0) is 44.6 Å². The maximum atomic E-state index is 6.09. The summed E-state index contributed by atoms with van der Waals surface area (Å²) in [5.41, 5.74) is 1.35. The van der Waals surface area contributed by atoms with Crippen molar-refractivity contribution < 1.29 is 0 Å². The molecular formula is C13H15ClN2S. The Labute approximate surface area is 113 Å². The number of aryl methyl sites for hydroxylation is 1. The van der Waals surface area contributed by atoms with Gasteiger partial charge in [-0.25, -0.2) is 0 Å². The van der Waals surface area contributed by atoms with Crippen LogP contribution in [0.4, 0.5) is 5.69 Å². The Hall–Kier alpha value is -1.24. The molecule has 4 heteroatoms. The lowest BCUT2D eigenvalue weighted by Gasteiger charge is -2.23. The normalized spacial score (nSPS) is 10.5. The fourth-order valence-electron chi connectivity index (χ4n) is 1.25. The second-order valence-corrected chi connectivity index (χ2v) is 5.10. The average molecular weight is 267 g/mol. The van der Waals surface area contributed by atoms with Crippen LogP contribution in [0.15, 0.2) is 18.2 Å². The van der Waals surface area contributed by atoms with E-state index in [-0.39, 0.29) is 0 Å². The first-order chi connectivity index (χ1) is 7.85. The van der Waals surface area contributed by atoms with Gasteiger partial charge in [0, 0.05) is 0 Å². The highest BCUT2D eigenvalue weighted by Gasteiger charge is 2.15. The Balaban J connectivity index is 2.80. The Morgan fingerprint density at radius 1 is 1.47 bits per heavy atom. The van der Waals surface area contributed by atoms with Crippen LogP contribution < -0.4 is 10.6 Å². The van der Waals surface area contributed by atoms with E-state index < -0.39 is 5.54 Å². The average Bonchev–Trinajstić information content (AvgIpc) is 2.23. The highest BCUT2D eigenvalue weighted by atomic mass is 35.5. The van der Waals surface area contributed by atoms with Crippen LogP contribution in [-0.2, 0) is 0 Å². The molecule has 0 aliphatic rings. The molecule has 0 aliphatic heterocycles. The third kappa shape index (κ3) is 3.92. The molecule has 0 heterocycles. The maximum absolute atomic E-state index is 6.09. The lowest BCUT2D eigenvalue weighted by Crippen LogP contribution is -2.44. The molecule has 1 aromatic carbocycles. The third-order valence-electron chi connectivity index (χ3n) is 2.25. The molecule has 0 unspecified atom stereocenters. The number of halogens is 1. The van der Waals surface area contributed by atoms with Gasteiger partial charge in [0.1, 0.15) is 0 Å². The number of benzene rings is 1. The topological polar surface area (TPSA) is 24.1 Å². The van der Waals surface area contributed by atoms with Crippen LogP contribution in [0.25, 0.3) is 0 Å². The van der Waals surface area contributed by atoms with Crippen LogP contribution in [0.2, 0.25) is 5.02 Å². The first-order valence-corrected chi connectivity index (χ1v) is 5.96. The fourth-order valence-corrected chi connectivity index (χ4v) is 1.88. The molecule has 90 valence electrons. The first kappa shape index (κ1) is 13.8. The summed E-state index contributed by atoms with van der Waals surface area (Å²) in [4.78, 5) is 0. The molecular weight excluding hydrogens is 252 g/mol. The van der Waals surface area contributed by atoms with Crippen LogP contribution in [0, 0.1) is 19.3 Å². The molecule has 1 rings (SSSR count). The smallest absolute Gasteiger partial charge is 0.171 e. The highest BCUT2D eigenvalue weighted by Crippen LogP contribution is 2.25. The summed E-state index contributed by atoms with van der Waals surface area (Å²) in [5, 5.41) is 7.19. The van der Waals surface area contributed by atoms with Crippen molar-refractivity contribution in [3.05, 3.63) is 28.8 Å². The van der Waals surface area contributed by atoms with Gasteiger partial charge in [0.2, 0.25) is 0 Å². The van der Waals surface area contributed by atoms with Gasteiger partial charge < -0.3 is 10.6 Å². The van der Waals surface area contributed by atoms with E-state index in [1.54, 1.807) is 0 Å². The number of thiocarbonyl (C=S) groups is 1. The fraction of sp³-hybridized carbons (Fsp3) is 0.308. The number of rotatable bonds is 2. The van der Waals surface area contributed by atoms with E-state index in [9.17, 15) is 0 Å². The van der Waals surface area contributed by atoms with Gasteiger partial charge in [-0.1, -0.05) is 29.7 Å². The number of terminal acetylenes is 1. The summed E-state index contributed by atoms with van der Waals surface area (Å²) < 4.78 is 0. The zero-order chi connectivity index (χ0) is 13.1. The van der Waals surface area contributed by atoms with E-state index in [0.29, 0.717) is 10.1 Å². The SMILES string of the molecule is C#CC(C)(C)NC(=S)Nc1c(C)cccc1Cl. The standard InChI is InChI=1S/C13H15ClN2S/c1-5-13(3,4)16-12(17)15-11-9(2)7-6-8-10(11)14/h1,6-8H,2-4H3,(H2,15,16,17). The Morgan fingerprint density at radius 3 is 2.65 bits per heavy atom. The Kier molecular flexibility index (Phi) is 4.39. The number of para-hydroxylation sites is 1. The summed E-state index contributed by atoms with van der Waals surface area (Å²) in [6.45, 7) is 5.71. The molecule has 2 N–H and O–H groups in total. The van der Waals surface area contributed by atoms with Gasteiger partial charge >= 0.3 is 0 Å². The molecule has 0 saturated carbocycles. The minimum absolute atomic E-state index is 0.462. The van der Waals surface area contributed by atoms with Crippen molar-refractivity contribution in [2.75, 3.05) is 5.32 Å². The van der Waals surface area contributed by atoms with Crippen molar-refractivity contribution in [2.24, 2.45) is 0 Å². The van der Waals surface area contributed by atoms with E-state index >= 15 is 0 Å². The molecule has 0 saturated heterocycles. The van der Waals surface area contributed by atoms with Crippen LogP contribution in [0.3, 0.4) is 0 Å². The monoisotopic (exact) mass is 266 g/mol. The molecule has 1 aromatic rings. The van der Waals surface area contributed by atoms with Gasteiger partial charge in [-0.3, -0.25) is 0 Å². The van der Waals surface area contributed by atoms with E-state index in [1.165, 1.54) is 0 Å². The predicted octanol–water partition coefficient (Wildman–Crippen LogP) is 3.35. The zero-order valence-corrected chi connectivity index (χ0v) is 11.7. The summed E-state index contributed by atoms with van der Waals surface area (Å²) >= 11 is 11.3. The van der Waals surface area contributed by atoms with Crippen LogP contribution in [-0.4, -0.2) is 10.7 Å². The summed E-state index contributed by atoms with van der Waals surface area (Å²) in [7, 11) is 0. The van der Waals surface area contributed by atoms with Gasteiger partial charge in [-0.2, -0.15) is 0 Å². The van der Waals surface area contributed by atoms with E-state index in [0.717, 1.165) is 11.3 Å². The van der Waals surface area contributed by atoms with Crippen molar-refractivity contribution in [2.45, 2.75) is 26.3 Å². The number of anilines is 1. The predicted molar refractivity (Wildman–Crippen MR) is 78.5 cm³/mol. The van der Waals surface area contributed by atoms with Crippen molar-refractivity contribution in [3.8, 4) is 12.3 Å². The van der Waals surface area contributed by atoms with Crippen molar-refractivity contribution in [3.63, 3.8) is 0 Å². The third-order valence-corrected chi connectivity index (χ3v) is 2.77. The summed E-state index contributed by atoms with van der Waals surface area (Å²) in [6, 6.07) is 5.67. The number of hydrogen-bond donors (Lipinski definition) is 2. The van der Waals surface area contributed by atoms with Crippen LogP contribution >= 0.6 is 23.8 Å². The minimum atomic E-state index is -0.487. The minimum Gasteiger partial charge on any atom is -0.347 e. The molecule has 0 amide bonds. The Morgan fingerprint density at radius 2 is 2.12 bits per heavy atom. The Bertz CT molecular complexity index is 455. The molecule has 0 aliphatic carbocycles. The quantitative estimate of drug-likeness (QED) is 0.634. The molecule has 2 nitrogen and oxygen atoms in total. The molecule has 0 atom stereocenters. The summed E-state index contributed by atoms with van der Waals surface area (Å²) in [5.74, 6) is 2.62. The highest BCUT2D eigenvalue weighted by molar-refractivity contribution is 7.80. The van der Waals surface area contributed by atoms with Crippen LogP contribution in [0.5, 0.6) is 0 Å². The van der Waals surface area contributed by atoms with Gasteiger partial charge in [-0.15, -0.1) is 6.42 Å². The second kappa shape index (κ2) is 5.39. The molecule has 0 aromatic heterocycles. The first-order valence-electron chi connectivity index (χ1n) is 5.18. The van der Waals surface area contributed by atoms with Crippen molar-refractivity contribution in [1.29, 1.82) is 0 Å². The summed E-state index contributed by atoms with van der Waals surface area (Å²) in [6.07, 6.45) is 5.38. The molecule has 0 bridgehead atoms. The van der Waals surface area contributed by atoms with Gasteiger partial charge in [0.25, 0.3) is 0 Å². The van der Waals surface area contributed by atoms with Crippen molar-refractivity contribution >= 4 is 34.6 Å². The lowest BCUT2D eigenvalue weighted by molar-refractivity contribution is 0.603. The number of nitrogens with one attached hydrogen (secondary N) is 2. The van der Waals surface area contributed by atoms with E-state index in [1.807, 2.05) is 39.0 Å². The molecule has 0 spiro atoms. The van der Waals surface area contributed by atoms with Gasteiger partial charge in [0.05, 0.1) is 16.2 Å². The van der Waals surface area contributed by atoms with E-state index in [4.69, 9.17) is 30.2 Å². The molecule has 0 fully saturated rings. The zero-order valence-electron chi connectivity index (χ0n) is 10.1. The largest absolute Gasteiger partial charge is 0.347 e.